The summed E-state index contributed by atoms with van der Waals surface area (Å²) >= 11 is 0. The average molecular weight is 625 g/mol. The van der Waals surface area contributed by atoms with Crippen LogP contribution >= 0.6 is 0 Å². The molecule has 4 rings (SSSR count). The topological polar surface area (TPSA) is 140 Å². The number of aromatic hydroxyl groups is 4. The van der Waals surface area contributed by atoms with E-state index in [2.05, 4.69) is 9.47 Å². The van der Waals surface area contributed by atoms with Crippen molar-refractivity contribution in [2.45, 2.75) is 46.5 Å². The Labute approximate surface area is 268 Å². The largest absolute Gasteiger partial charge is 0.508 e. The molecule has 0 atom stereocenters. The fraction of sp³-hybridized carbons (Fsp3) is 0.351. The van der Waals surface area contributed by atoms with Crippen molar-refractivity contribution in [3.63, 3.8) is 0 Å². The van der Waals surface area contributed by atoms with Crippen LogP contribution in [0.15, 0.2) is 91.0 Å². The number of hydrogen-bond acceptors (Lipinski definition) is 8. The van der Waals surface area contributed by atoms with E-state index in [0.29, 0.717) is 24.3 Å². The van der Waals surface area contributed by atoms with E-state index in [9.17, 15) is 20.4 Å². The molecule has 0 bridgehead atoms. The van der Waals surface area contributed by atoms with Gasteiger partial charge < -0.3 is 40.1 Å². The van der Waals surface area contributed by atoms with Crippen LogP contribution in [0.4, 0.5) is 0 Å². The molecule has 0 heterocycles. The van der Waals surface area contributed by atoms with Crippen LogP contribution in [0.5, 0.6) is 23.0 Å². The summed E-state index contributed by atoms with van der Waals surface area (Å²) in [4.78, 5) is 0. The van der Waals surface area contributed by atoms with E-state index in [-0.39, 0.29) is 23.0 Å². The quantitative estimate of drug-likeness (QED) is 0.111. The summed E-state index contributed by atoms with van der Waals surface area (Å²) in [7, 11) is 3.36. The molecule has 0 amide bonds. The highest BCUT2D eigenvalue weighted by Crippen LogP contribution is 2.42. The van der Waals surface area contributed by atoms with Gasteiger partial charge in [0.15, 0.2) is 0 Å². The summed E-state index contributed by atoms with van der Waals surface area (Å²) in [5, 5.41) is 56.0. The summed E-state index contributed by atoms with van der Waals surface area (Å²) in [6, 6.07) is 26.7. The van der Waals surface area contributed by atoms with Crippen molar-refractivity contribution in [2.75, 3.05) is 40.6 Å². The maximum atomic E-state index is 10.5. The van der Waals surface area contributed by atoms with E-state index in [1.165, 1.54) is 24.3 Å². The van der Waals surface area contributed by atoms with E-state index in [1.54, 1.807) is 26.4 Å². The third-order valence-electron chi connectivity index (χ3n) is 6.03. The minimum atomic E-state index is -0.485. The van der Waals surface area contributed by atoms with Gasteiger partial charge in [-0.3, -0.25) is 0 Å². The van der Waals surface area contributed by atoms with Gasteiger partial charge in [0.2, 0.25) is 0 Å². The molecule has 248 valence electrons. The van der Waals surface area contributed by atoms with Gasteiger partial charge >= 0.3 is 0 Å². The van der Waals surface area contributed by atoms with Crippen molar-refractivity contribution in [3.05, 3.63) is 108 Å². The average Bonchev–Trinajstić information content (AvgIpc) is 3.07. The van der Waals surface area contributed by atoms with Crippen molar-refractivity contribution in [1.82, 2.24) is 0 Å². The first-order chi connectivity index (χ1) is 21.7. The molecule has 0 aliphatic carbocycles. The van der Waals surface area contributed by atoms with Gasteiger partial charge in [-0.1, -0.05) is 80.6 Å². The Bertz CT molecular complexity index is 1200. The number of phenols is 4. The van der Waals surface area contributed by atoms with Crippen LogP contribution in [0.2, 0.25) is 0 Å². The lowest BCUT2D eigenvalue weighted by atomic mass is 9.83. The summed E-state index contributed by atoms with van der Waals surface area (Å²) in [6.45, 7) is 10.1. The fourth-order valence-corrected chi connectivity index (χ4v) is 3.58. The Morgan fingerprint density at radius 1 is 0.533 bits per heavy atom. The zero-order chi connectivity index (χ0) is 34.0. The van der Waals surface area contributed by atoms with Crippen LogP contribution in [0.25, 0.3) is 11.1 Å². The highest BCUT2D eigenvalue weighted by Gasteiger charge is 2.23. The molecule has 4 aromatic carbocycles. The number of ether oxygens (including phenoxy) is 2. The third-order valence-corrected chi connectivity index (χ3v) is 6.03. The molecule has 0 aliphatic rings. The first-order valence-electron chi connectivity index (χ1n) is 15.1. The Morgan fingerprint density at radius 3 is 1.20 bits per heavy atom. The van der Waals surface area contributed by atoms with Crippen molar-refractivity contribution >= 4 is 0 Å². The Balaban J connectivity index is 0.00000101. The first kappa shape index (κ1) is 40.9. The van der Waals surface area contributed by atoms with Crippen LogP contribution in [-0.4, -0.2) is 71.3 Å². The summed E-state index contributed by atoms with van der Waals surface area (Å²) in [6.07, 6.45) is 1.75. The van der Waals surface area contributed by atoms with Crippen molar-refractivity contribution < 1.29 is 40.1 Å². The molecule has 0 fully saturated rings. The lowest BCUT2D eigenvalue weighted by Crippen LogP contribution is -2.04. The predicted octanol–water partition coefficient (Wildman–Crippen LogP) is 7.44. The molecular formula is C37H52O8. The van der Waals surface area contributed by atoms with Crippen LogP contribution < -0.4 is 0 Å². The van der Waals surface area contributed by atoms with Gasteiger partial charge in [-0.25, -0.2) is 0 Å². The fourth-order valence-electron chi connectivity index (χ4n) is 3.58. The van der Waals surface area contributed by atoms with Crippen LogP contribution in [0, 0.1) is 0 Å². The molecule has 0 aliphatic heterocycles. The smallest absolute Gasteiger partial charge is 0.123 e. The van der Waals surface area contributed by atoms with Gasteiger partial charge in [0.05, 0.1) is 0 Å². The predicted molar refractivity (Wildman–Crippen MR) is 182 cm³/mol. The molecule has 8 nitrogen and oxygen atoms in total. The monoisotopic (exact) mass is 624 g/mol. The molecule has 4 aromatic rings. The summed E-state index contributed by atoms with van der Waals surface area (Å²) < 4.78 is 9.08. The summed E-state index contributed by atoms with van der Waals surface area (Å²) in [5.74, 6) is -0.719. The molecule has 0 saturated heterocycles. The van der Waals surface area contributed by atoms with Gasteiger partial charge in [-0.05, 0) is 55.5 Å². The van der Waals surface area contributed by atoms with Gasteiger partial charge in [0, 0.05) is 69.8 Å². The molecule has 0 aromatic heterocycles. The molecule has 0 radical (unpaired) electrons. The number of hydrogen-bond donors (Lipinski definition) is 6. The highest BCUT2D eigenvalue weighted by molar-refractivity contribution is 5.64. The lowest BCUT2D eigenvalue weighted by Gasteiger charge is -2.21. The third kappa shape index (κ3) is 16.0. The Kier molecular flexibility index (Phi) is 23.0. The van der Waals surface area contributed by atoms with Crippen LogP contribution in [0.1, 0.15) is 63.1 Å². The number of benzene rings is 4. The van der Waals surface area contributed by atoms with Gasteiger partial charge in [-0.2, -0.15) is 0 Å². The molecule has 0 saturated carbocycles. The minimum Gasteiger partial charge on any atom is -0.508 e. The number of phenolic OH excluding ortho intramolecular Hbond substituents is 4. The molecular weight excluding hydrogens is 572 g/mol. The Hall–Kier alpha value is -4.08. The molecule has 0 spiro atoms. The number of aliphatic hydroxyl groups is 2. The number of methoxy groups -OCH3 is 2. The van der Waals surface area contributed by atoms with Crippen molar-refractivity contribution in [2.24, 2.45) is 0 Å². The zero-order valence-electron chi connectivity index (χ0n) is 27.5. The summed E-state index contributed by atoms with van der Waals surface area (Å²) in [5.41, 5.74) is 4.08. The SMILES string of the molecule is CCCO.CCCO.CCOC.CCOC.Oc1ccc(C(c2ccc(-c3ccccc3)cc2)c2ccc(O)cc2O)c(O)c1. The maximum Gasteiger partial charge on any atom is 0.123 e. The second-order valence-electron chi connectivity index (χ2n) is 9.51. The molecule has 6 N–H and O–H groups in total. The molecule has 45 heavy (non-hydrogen) atoms. The van der Waals surface area contributed by atoms with E-state index in [0.717, 1.165) is 42.7 Å². The van der Waals surface area contributed by atoms with Crippen LogP contribution in [-0.2, 0) is 9.47 Å². The number of rotatable bonds is 8. The minimum absolute atomic E-state index is 0.0423. The van der Waals surface area contributed by atoms with E-state index in [4.69, 9.17) is 10.2 Å². The molecule has 8 heteroatoms. The van der Waals surface area contributed by atoms with Gasteiger partial charge in [0.25, 0.3) is 0 Å². The Morgan fingerprint density at radius 2 is 0.889 bits per heavy atom. The maximum absolute atomic E-state index is 10.5. The van der Waals surface area contributed by atoms with Crippen molar-refractivity contribution in [3.8, 4) is 34.1 Å². The van der Waals surface area contributed by atoms with Gasteiger partial charge in [0.1, 0.15) is 23.0 Å². The molecule has 0 unspecified atom stereocenters. The van der Waals surface area contributed by atoms with Crippen LogP contribution in [0.3, 0.4) is 0 Å². The second-order valence-corrected chi connectivity index (χ2v) is 9.51. The lowest BCUT2D eigenvalue weighted by molar-refractivity contribution is 0.215. The van der Waals surface area contributed by atoms with Gasteiger partial charge in [-0.15, -0.1) is 0 Å². The van der Waals surface area contributed by atoms with E-state index in [1.807, 2.05) is 82.3 Å². The first-order valence-corrected chi connectivity index (χ1v) is 15.1. The highest BCUT2D eigenvalue weighted by atomic mass is 16.5. The van der Waals surface area contributed by atoms with E-state index < -0.39 is 5.92 Å². The second kappa shape index (κ2) is 25.3. The standard InChI is InChI=1S/C25H20O4.4C3H8O/c26-19-10-12-21(23(28)14-19)25(22-13-11-20(27)15-24(22)29)18-8-6-17(7-9-18)16-4-2-1-3-5-16;2*1-3-4-2;2*1-2-3-4/h1-15,25-29H;2*3H2,1-2H3;2*4H,2-3H2,1H3. The van der Waals surface area contributed by atoms with E-state index >= 15 is 0 Å². The van der Waals surface area contributed by atoms with Crippen molar-refractivity contribution in [1.29, 1.82) is 0 Å². The zero-order valence-corrected chi connectivity index (χ0v) is 27.5. The number of aliphatic hydroxyl groups excluding tert-OH is 2. The normalized spacial score (nSPS) is 9.71.